The van der Waals surface area contributed by atoms with Crippen molar-refractivity contribution in [2.75, 3.05) is 7.11 Å². The van der Waals surface area contributed by atoms with Gasteiger partial charge >= 0.3 is 16.1 Å². The summed E-state index contributed by atoms with van der Waals surface area (Å²) in [5.41, 5.74) is 0.0838. The number of carbonyl (C=O) groups excluding carboxylic acids is 1. The van der Waals surface area contributed by atoms with Crippen molar-refractivity contribution in [2.24, 2.45) is 0 Å². The topological polar surface area (TPSA) is 69.7 Å². The second-order valence-corrected chi connectivity index (χ2v) is 5.68. The molecule has 0 spiro atoms. The predicted octanol–water partition coefficient (Wildman–Crippen LogP) is 2.52. The van der Waals surface area contributed by atoms with E-state index in [1.165, 1.54) is 25.3 Å². The molecule has 116 valence electrons. The molecule has 8 heteroatoms. The Balaban J connectivity index is 2.32. The average Bonchev–Trinajstić information content (AvgIpc) is 2.49. The van der Waals surface area contributed by atoms with Crippen LogP contribution in [0.1, 0.15) is 10.4 Å². The van der Waals surface area contributed by atoms with Crippen molar-refractivity contribution in [1.29, 1.82) is 0 Å². The van der Waals surface area contributed by atoms with Gasteiger partial charge in [0.05, 0.1) is 12.7 Å². The zero-order valence-electron chi connectivity index (χ0n) is 11.2. The SMILES string of the molecule is COC(=O)c1cccc(OS(=O)(=O)c2ccc(F)c(F)c2)c1. The quantitative estimate of drug-likeness (QED) is 0.637. The molecule has 0 aromatic heterocycles. The van der Waals surface area contributed by atoms with Crippen molar-refractivity contribution < 1.29 is 30.9 Å². The maximum atomic E-state index is 13.1. The molecule has 0 saturated heterocycles. The molecule has 0 radical (unpaired) electrons. The molecule has 0 N–H and O–H groups in total. The standard InChI is InChI=1S/C14H10F2O5S/c1-20-14(17)9-3-2-4-10(7-9)21-22(18,19)11-5-6-12(15)13(16)8-11/h2-8H,1H3. The van der Waals surface area contributed by atoms with Gasteiger partial charge in [0.15, 0.2) is 11.6 Å². The van der Waals surface area contributed by atoms with Crippen LogP contribution in [0.5, 0.6) is 5.75 Å². The molecule has 0 bridgehead atoms. The Hall–Kier alpha value is -2.48. The smallest absolute Gasteiger partial charge is 0.339 e. The van der Waals surface area contributed by atoms with Gasteiger partial charge in [0.1, 0.15) is 10.6 Å². The fourth-order valence-electron chi connectivity index (χ4n) is 1.60. The van der Waals surface area contributed by atoms with E-state index < -0.39 is 32.6 Å². The Morgan fingerprint density at radius 2 is 1.77 bits per heavy atom. The van der Waals surface area contributed by atoms with E-state index in [4.69, 9.17) is 4.18 Å². The minimum atomic E-state index is -4.36. The van der Waals surface area contributed by atoms with E-state index >= 15 is 0 Å². The van der Waals surface area contributed by atoms with Crippen LogP contribution in [0.2, 0.25) is 0 Å². The van der Waals surface area contributed by atoms with Crippen LogP contribution in [0.4, 0.5) is 8.78 Å². The number of hydrogen-bond acceptors (Lipinski definition) is 5. The molecule has 0 aliphatic rings. The lowest BCUT2D eigenvalue weighted by atomic mass is 10.2. The van der Waals surface area contributed by atoms with Crippen LogP contribution in [-0.4, -0.2) is 21.5 Å². The van der Waals surface area contributed by atoms with Crippen LogP contribution < -0.4 is 4.18 Å². The van der Waals surface area contributed by atoms with Crippen LogP contribution >= 0.6 is 0 Å². The van der Waals surface area contributed by atoms with Gasteiger partial charge in [-0.1, -0.05) is 6.07 Å². The molecule has 2 aromatic rings. The predicted molar refractivity (Wildman–Crippen MR) is 72.0 cm³/mol. The number of carbonyl (C=O) groups is 1. The maximum absolute atomic E-state index is 13.1. The van der Waals surface area contributed by atoms with Gasteiger partial charge in [0, 0.05) is 0 Å². The summed E-state index contributed by atoms with van der Waals surface area (Å²) in [6, 6.07) is 7.31. The first-order valence-corrected chi connectivity index (χ1v) is 7.32. The number of rotatable bonds is 4. The Bertz CT molecular complexity index is 818. The van der Waals surface area contributed by atoms with Gasteiger partial charge in [-0.2, -0.15) is 8.42 Å². The number of ether oxygens (including phenoxy) is 1. The molecule has 0 saturated carbocycles. The summed E-state index contributed by atoms with van der Waals surface area (Å²) in [5, 5.41) is 0. The van der Waals surface area contributed by atoms with E-state index in [0.717, 1.165) is 12.1 Å². The summed E-state index contributed by atoms with van der Waals surface area (Å²) in [7, 11) is -3.19. The molecule has 0 fully saturated rings. The Morgan fingerprint density at radius 1 is 1.05 bits per heavy atom. The third kappa shape index (κ3) is 3.40. The number of halogens is 2. The van der Waals surface area contributed by atoms with Crippen LogP contribution in [0.15, 0.2) is 47.4 Å². The first kappa shape index (κ1) is 15.9. The summed E-state index contributed by atoms with van der Waals surface area (Å²) in [6.07, 6.45) is 0. The lowest BCUT2D eigenvalue weighted by Gasteiger charge is -2.08. The van der Waals surface area contributed by atoms with Crippen molar-refractivity contribution in [2.45, 2.75) is 4.90 Å². The third-order valence-corrected chi connectivity index (χ3v) is 3.88. The van der Waals surface area contributed by atoms with Crippen molar-refractivity contribution in [3.05, 3.63) is 59.7 Å². The average molecular weight is 328 g/mol. The highest BCUT2D eigenvalue weighted by Gasteiger charge is 2.19. The largest absolute Gasteiger partial charge is 0.465 e. The summed E-state index contributed by atoms with van der Waals surface area (Å²) in [5.74, 6) is -3.32. The van der Waals surface area contributed by atoms with E-state index in [-0.39, 0.29) is 11.3 Å². The van der Waals surface area contributed by atoms with Crippen molar-refractivity contribution in [3.63, 3.8) is 0 Å². The summed E-state index contributed by atoms with van der Waals surface area (Å²) >= 11 is 0. The third-order valence-electron chi connectivity index (χ3n) is 2.64. The number of benzene rings is 2. The van der Waals surface area contributed by atoms with Crippen molar-refractivity contribution >= 4 is 16.1 Å². The second kappa shape index (κ2) is 6.10. The fourth-order valence-corrected chi connectivity index (χ4v) is 2.54. The van der Waals surface area contributed by atoms with Gasteiger partial charge in [-0.3, -0.25) is 0 Å². The monoisotopic (exact) mass is 328 g/mol. The molecule has 0 unspecified atom stereocenters. The lowest BCUT2D eigenvalue weighted by Crippen LogP contribution is -2.11. The van der Waals surface area contributed by atoms with E-state index in [0.29, 0.717) is 12.1 Å². The molecule has 0 atom stereocenters. The molecule has 5 nitrogen and oxygen atoms in total. The first-order chi connectivity index (χ1) is 10.3. The van der Waals surface area contributed by atoms with Crippen LogP contribution in [0.25, 0.3) is 0 Å². The Morgan fingerprint density at radius 3 is 2.41 bits per heavy atom. The number of hydrogen-bond donors (Lipinski definition) is 0. The molecule has 0 aliphatic heterocycles. The molecule has 2 rings (SSSR count). The first-order valence-electron chi connectivity index (χ1n) is 5.91. The van der Waals surface area contributed by atoms with Crippen LogP contribution in [0, 0.1) is 11.6 Å². The molecular formula is C14H10F2O5S. The summed E-state index contributed by atoms with van der Waals surface area (Å²) < 4.78 is 59.2. The highest BCUT2D eigenvalue weighted by atomic mass is 32.2. The van der Waals surface area contributed by atoms with Crippen LogP contribution in [0.3, 0.4) is 0 Å². The number of methoxy groups -OCH3 is 1. The molecule has 0 heterocycles. The van der Waals surface area contributed by atoms with Gasteiger partial charge in [-0.25, -0.2) is 13.6 Å². The zero-order valence-corrected chi connectivity index (χ0v) is 12.1. The van der Waals surface area contributed by atoms with Gasteiger partial charge in [0.25, 0.3) is 0 Å². The fraction of sp³-hybridized carbons (Fsp3) is 0.0714. The molecule has 0 aliphatic carbocycles. The molecular weight excluding hydrogens is 318 g/mol. The summed E-state index contributed by atoms with van der Waals surface area (Å²) in [4.78, 5) is 10.8. The van der Waals surface area contributed by atoms with Crippen LogP contribution in [-0.2, 0) is 14.9 Å². The highest BCUT2D eigenvalue weighted by Crippen LogP contribution is 2.21. The van der Waals surface area contributed by atoms with Gasteiger partial charge in [-0.05, 0) is 36.4 Å². The van der Waals surface area contributed by atoms with E-state index in [1.807, 2.05) is 0 Å². The van der Waals surface area contributed by atoms with Crippen molar-refractivity contribution in [1.82, 2.24) is 0 Å². The van der Waals surface area contributed by atoms with Crippen molar-refractivity contribution in [3.8, 4) is 5.75 Å². The maximum Gasteiger partial charge on any atom is 0.339 e. The minimum Gasteiger partial charge on any atom is -0.465 e. The minimum absolute atomic E-state index is 0.0838. The zero-order chi connectivity index (χ0) is 16.3. The lowest BCUT2D eigenvalue weighted by molar-refractivity contribution is 0.0600. The molecule has 22 heavy (non-hydrogen) atoms. The van der Waals surface area contributed by atoms with E-state index in [9.17, 15) is 22.0 Å². The van der Waals surface area contributed by atoms with Gasteiger partial charge < -0.3 is 8.92 Å². The molecule has 2 aromatic carbocycles. The van der Waals surface area contributed by atoms with Gasteiger partial charge in [0.2, 0.25) is 0 Å². The van der Waals surface area contributed by atoms with E-state index in [2.05, 4.69) is 4.74 Å². The molecule has 0 amide bonds. The highest BCUT2D eigenvalue weighted by molar-refractivity contribution is 7.87. The Kier molecular flexibility index (Phi) is 4.41. The number of esters is 1. The summed E-state index contributed by atoms with van der Waals surface area (Å²) in [6.45, 7) is 0. The normalized spacial score (nSPS) is 11.0. The Labute approximate surface area is 125 Å². The van der Waals surface area contributed by atoms with Gasteiger partial charge in [-0.15, -0.1) is 0 Å². The second-order valence-electron chi connectivity index (χ2n) is 4.13. The van der Waals surface area contributed by atoms with E-state index in [1.54, 1.807) is 0 Å².